The van der Waals surface area contributed by atoms with Crippen LogP contribution in [0.25, 0.3) is 0 Å². The van der Waals surface area contributed by atoms with E-state index in [1.807, 2.05) is 81.4 Å². The number of hydrogen-bond acceptors (Lipinski definition) is 6. The first-order chi connectivity index (χ1) is 15.6. The first-order valence-electron chi connectivity index (χ1n) is 11.3. The van der Waals surface area contributed by atoms with Crippen molar-refractivity contribution in [1.29, 1.82) is 0 Å². The Hall–Kier alpha value is -2.16. The number of aliphatic hydroxyl groups is 3. The molecule has 2 aromatic carbocycles. The van der Waals surface area contributed by atoms with E-state index in [9.17, 15) is 15.0 Å². The molecule has 2 aromatic rings. The Kier molecular flexibility index (Phi) is 11.5. The second kappa shape index (κ2) is 13.1. The van der Waals surface area contributed by atoms with Crippen molar-refractivity contribution in [3.63, 3.8) is 0 Å². The predicted octanol–water partition coefficient (Wildman–Crippen LogP) is 3.41. The van der Waals surface area contributed by atoms with Gasteiger partial charge in [0.25, 0.3) is 0 Å². The predicted molar refractivity (Wildman–Crippen MR) is 136 cm³/mol. The molecule has 1 amide bonds. The van der Waals surface area contributed by atoms with Crippen molar-refractivity contribution in [1.82, 2.24) is 10.2 Å². The van der Waals surface area contributed by atoms with Gasteiger partial charge in [-0.1, -0.05) is 60.7 Å². The SMILES string of the molecule is CC(C)(C)OC(=O)N1CCC(O)(c2ccccc2)C1.CO.Cl.OC1(c2ccccc2)CCNC1. The number of halogens is 1. The number of β-amino-alcohol motifs (C(OH)–C–C–N with tert-alkyl or cyclic N) is 2. The third-order valence-corrected chi connectivity index (χ3v) is 5.65. The number of rotatable bonds is 2. The van der Waals surface area contributed by atoms with Gasteiger partial charge in [-0.25, -0.2) is 4.79 Å². The molecule has 190 valence electrons. The van der Waals surface area contributed by atoms with Crippen LogP contribution < -0.4 is 5.32 Å². The second-order valence-electron chi connectivity index (χ2n) is 9.37. The highest BCUT2D eigenvalue weighted by atomic mass is 35.5. The lowest BCUT2D eigenvalue weighted by Gasteiger charge is -2.26. The fraction of sp³-hybridized carbons (Fsp3) is 0.500. The summed E-state index contributed by atoms with van der Waals surface area (Å²) in [5.41, 5.74) is -0.222. The number of hydrogen-bond donors (Lipinski definition) is 4. The van der Waals surface area contributed by atoms with Crippen molar-refractivity contribution in [2.75, 3.05) is 33.3 Å². The number of carbonyl (C=O) groups is 1. The number of likely N-dealkylation sites (tertiary alicyclic amines) is 1. The third kappa shape index (κ3) is 8.25. The summed E-state index contributed by atoms with van der Waals surface area (Å²) in [5.74, 6) is 0. The number of amides is 1. The van der Waals surface area contributed by atoms with Crippen molar-refractivity contribution < 1.29 is 24.9 Å². The fourth-order valence-electron chi connectivity index (χ4n) is 3.93. The first kappa shape index (κ1) is 29.9. The number of nitrogens with one attached hydrogen (secondary N) is 1. The van der Waals surface area contributed by atoms with Crippen LogP contribution in [0.5, 0.6) is 0 Å². The van der Waals surface area contributed by atoms with Crippen LogP contribution in [0.15, 0.2) is 60.7 Å². The summed E-state index contributed by atoms with van der Waals surface area (Å²) in [5, 5.41) is 30.9. The highest BCUT2D eigenvalue weighted by Crippen LogP contribution is 2.32. The summed E-state index contributed by atoms with van der Waals surface area (Å²) in [4.78, 5) is 13.5. The van der Waals surface area contributed by atoms with Gasteiger partial charge in [0.15, 0.2) is 0 Å². The first-order valence-corrected chi connectivity index (χ1v) is 11.3. The zero-order valence-electron chi connectivity index (χ0n) is 20.5. The topological polar surface area (TPSA) is 102 Å². The molecule has 4 rings (SSSR count). The lowest BCUT2D eigenvalue weighted by atomic mass is 9.93. The van der Waals surface area contributed by atoms with Gasteiger partial charge >= 0.3 is 6.09 Å². The summed E-state index contributed by atoms with van der Waals surface area (Å²) < 4.78 is 5.33. The van der Waals surface area contributed by atoms with Gasteiger partial charge in [-0.15, -0.1) is 12.4 Å². The molecule has 0 saturated carbocycles. The molecule has 2 saturated heterocycles. The molecule has 2 aliphatic rings. The zero-order valence-corrected chi connectivity index (χ0v) is 21.3. The molecule has 0 aliphatic carbocycles. The maximum Gasteiger partial charge on any atom is 0.410 e. The highest BCUT2D eigenvalue weighted by Gasteiger charge is 2.40. The number of ether oxygens (including phenoxy) is 1. The van der Waals surface area contributed by atoms with Gasteiger partial charge in [0.1, 0.15) is 16.8 Å². The van der Waals surface area contributed by atoms with Crippen LogP contribution in [0.3, 0.4) is 0 Å². The normalized spacial score (nSPS) is 23.6. The van der Waals surface area contributed by atoms with E-state index in [0.29, 0.717) is 19.5 Å². The molecule has 4 N–H and O–H groups in total. The summed E-state index contributed by atoms with van der Waals surface area (Å²) in [6, 6.07) is 19.3. The van der Waals surface area contributed by atoms with Crippen molar-refractivity contribution in [2.45, 2.75) is 50.4 Å². The van der Waals surface area contributed by atoms with Crippen LogP contribution in [0.1, 0.15) is 44.7 Å². The molecule has 0 radical (unpaired) electrons. The molecular weight excluding hydrogens is 456 g/mol. The molecule has 0 bridgehead atoms. The maximum atomic E-state index is 12.0. The van der Waals surface area contributed by atoms with Crippen LogP contribution in [0.2, 0.25) is 0 Å². The van der Waals surface area contributed by atoms with Gasteiger partial charge in [-0.2, -0.15) is 0 Å². The minimum absolute atomic E-state index is 0. The van der Waals surface area contributed by atoms with Gasteiger partial charge in [0.05, 0.1) is 6.54 Å². The van der Waals surface area contributed by atoms with E-state index < -0.39 is 16.8 Å². The van der Waals surface area contributed by atoms with Gasteiger partial charge in [-0.05, 0) is 51.3 Å². The Labute approximate surface area is 209 Å². The molecule has 2 heterocycles. The number of carbonyl (C=O) groups excluding carboxylic acids is 1. The Bertz CT molecular complexity index is 854. The van der Waals surface area contributed by atoms with E-state index in [4.69, 9.17) is 9.84 Å². The molecule has 8 heteroatoms. The molecule has 2 unspecified atom stereocenters. The van der Waals surface area contributed by atoms with E-state index >= 15 is 0 Å². The molecular formula is C26H39ClN2O5. The lowest BCUT2D eigenvalue weighted by Crippen LogP contribution is -2.38. The molecule has 34 heavy (non-hydrogen) atoms. The maximum absolute atomic E-state index is 12.0. The Morgan fingerprint density at radius 1 is 0.912 bits per heavy atom. The minimum atomic E-state index is -0.960. The largest absolute Gasteiger partial charge is 0.444 e. The van der Waals surface area contributed by atoms with Crippen LogP contribution in [0.4, 0.5) is 4.79 Å². The summed E-state index contributed by atoms with van der Waals surface area (Å²) in [7, 11) is 1.00. The Morgan fingerprint density at radius 2 is 1.41 bits per heavy atom. The lowest BCUT2D eigenvalue weighted by molar-refractivity contribution is 0.0140. The van der Waals surface area contributed by atoms with Gasteiger partial charge in [-0.3, -0.25) is 0 Å². The van der Waals surface area contributed by atoms with Crippen LogP contribution in [-0.2, 0) is 15.9 Å². The summed E-state index contributed by atoms with van der Waals surface area (Å²) >= 11 is 0. The Balaban J connectivity index is 0.000000332. The van der Waals surface area contributed by atoms with Gasteiger partial charge in [0.2, 0.25) is 0 Å². The quantitative estimate of drug-likeness (QED) is 0.510. The van der Waals surface area contributed by atoms with E-state index in [2.05, 4.69) is 5.32 Å². The molecule has 2 atom stereocenters. The monoisotopic (exact) mass is 494 g/mol. The molecule has 2 aliphatic heterocycles. The van der Waals surface area contributed by atoms with Gasteiger partial charge < -0.3 is 30.3 Å². The molecule has 7 nitrogen and oxygen atoms in total. The Morgan fingerprint density at radius 3 is 1.85 bits per heavy atom. The summed E-state index contributed by atoms with van der Waals surface area (Å²) in [6.07, 6.45) is 0.993. The van der Waals surface area contributed by atoms with Crippen LogP contribution in [-0.4, -0.2) is 65.2 Å². The minimum Gasteiger partial charge on any atom is -0.444 e. The average Bonchev–Trinajstić information content (AvgIpc) is 3.44. The van der Waals surface area contributed by atoms with Gasteiger partial charge in [0, 0.05) is 20.2 Å². The van der Waals surface area contributed by atoms with E-state index in [1.165, 1.54) is 0 Å². The van der Waals surface area contributed by atoms with Crippen LogP contribution in [0, 0.1) is 0 Å². The van der Waals surface area contributed by atoms with E-state index in [-0.39, 0.29) is 25.0 Å². The van der Waals surface area contributed by atoms with Crippen molar-refractivity contribution >= 4 is 18.5 Å². The number of aliphatic hydroxyl groups excluding tert-OH is 1. The average molecular weight is 495 g/mol. The molecule has 0 spiro atoms. The standard InChI is InChI=1S/C15H21NO3.C10H13NO.CH4O.ClH/c1-14(2,3)19-13(17)16-10-9-15(18,11-16)12-7-5-4-6-8-12;12-10(6-7-11-8-10)9-4-2-1-3-5-9;1-2;/h4-8,18H,9-11H2,1-3H3;1-5,11-12H,6-8H2;2H,1H3;1H. The van der Waals surface area contributed by atoms with Crippen molar-refractivity contribution in [3.05, 3.63) is 71.8 Å². The molecule has 2 fully saturated rings. The van der Waals surface area contributed by atoms with Crippen LogP contribution >= 0.6 is 12.4 Å². The third-order valence-electron chi connectivity index (χ3n) is 5.65. The van der Waals surface area contributed by atoms with E-state index in [0.717, 1.165) is 31.2 Å². The zero-order chi connectivity index (χ0) is 24.5. The van der Waals surface area contributed by atoms with E-state index in [1.54, 1.807) is 4.90 Å². The van der Waals surface area contributed by atoms with Crippen molar-refractivity contribution in [3.8, 4) is 0 Å². The molecule has 0 aromatic heterocycles. The number of nitrogens with zero attached hydrogens (tertiary/aromatic N) is 1. The number of benzene rings is 2. The second-order valence-corrected chi connectivity index (χ2v) is 9.37. The fourth-order valence-corrected chi connectivity index (χ4v) is 3.93. The highest BCUT2D eigenvalue weighted by molar-refractivity contribution is 5.85. The smallest absolute Gasteiger partial charge is 0.410 e. The van der Waals surface area contributed by atoms with Crippen molar-refractivity contribution in [2.24, 2.45) is 0 Å². The summed E-state index contributed by atoms with van der Waals surface area (Å²) in [6.45, 7) is 7.90.